The lowest BCUT2D eigenvalue weighted by molar-refractivity contribution is -0.162. The van der Waals surface area contributed by atoms with Crippen LogP contribution in [0.1, 0.15) is 31.9 Å². The molecule has 0 saturated carbocycles. The third kappa shape index (κ3) is 2.75. The van der Waals surface area contributed by atoms with Crippen molar-refractivity contribution in [2.75, 3.05) is 19.6 Å². The molecule has 4 rings (SSSR count). The zero-order valence-electron chi connectivity index (χ0n) is 17.5. The summed E-state index contributed by atoms with van der Waals surface area (Å²) in [5.74, 6) is -0.754. The van der Waals surface area contributed by atoms with Gasteiger partial charge in [0, 0.05) is 25.2 Å². The van der Waals surface area contributed by atoms with Gasteiger partial charge in [0.2, 0.25) is 11.7 Å². The van der Waals surface area contributed by atoms with Gasteiger partial charge in [-0.25, -0.2) is 4.79 Å². The first kappa shape index (κ1) is 19.9. The van der Waals surface area contributed by atoms with Gasteiger partial charge in [-0.15, -0.1) is 0 Å². The topological polar surface area (TPSA) is 62.2 Å². The highest BCUT2D eigenvalue weighted by atomic mass is 16.6. The number of hydrogen-bond acceptors (Lipinski definition) is 4. The minimum Gasteiger partial charge on any atom is -0.424 e. The zero-order valence-corrected chi connectivity index (χ0v) is 17.5. The maximum absolute atomic E-state index is 13.3. The maximum atomic E-state index is 13.3. The van der Waals surface area contributed by atoms with E-state index in [1.54, 1.807) is 0 Å². The molecule has 2 aromatic carbocycles. The molecule has 2 aliphatic rings. The van der Waals surface area contributed by atoms with Crippen molar-refractivity contribution >= 4 is 23.4 Å². The lowest BCUT2D eigenvalue weighted by Crippen LogP contribution is -2.59. The highest BCUT2D eigenvalue weighted by Crippen LogP contribution is 2.50. The number of ketones is 1. The van der Waals surface area contributed by atoms with Gasteiger partial charge in [0.15, 0.2) is 0 Å². The number of rotatable bonds is 5. The first-order chi connectivity index (χ1) is 14.6. The third-order valence-electron chi connectivity index (χ3n) is 5.51. The standard InChI is InChI=1S/C24H25N3O3/c1-4-25-23-26(5-2)20(17-13-9-7-10-14-17)19-21(28)22(29)30-24(19,27(23)6-3)18-15-11-8-12-16-18/h7-16H,4-6H2,1-3H3. The Bertz CT molecular complexity index is 1030. The van der Waals surface area contributed by atoms with E-state index >= 15 is 0 Å². The second-order valence-electron chi connectivity index (χ2n) is 7.08. The Morgan fingerprint density at radius 3 is 2.10 bits per heavy atom. The fraction of sp³-hybridized carbons (Fsp3) is 0.292. The van der Waals surface area contributed by atoms with E-state index in [1.165, 1.54) is 0 Å². The summed E-state index contributed by atoms with van der Waals surface area (Å²) < 4.78 is 5.95. The molecule has 1 unspecified atom stereocenters. The summed E-state index contributed by atoms with van der Waals surface area (Å²) in [5, 5.41) is 0. The molecule has 1 saturated heterocycles. The molecular weight excluding hydrogens is 378 g/mol. The van der Waals surface area contributed by atoms with Gasteiger partial charge in [-0.05, 0) is 26.3 Å². The predicted molar refractivity (Wildman–Crippen MR) is 115 cm³/mol. The molecule has 154 valence electrons. The van der Waals surface area contributed by atoms with Gasteiger partial charge in [0.25, 0.3) is 5.78 Å². The SMILES string of the molecule is CCN=C1N(CC)C(c2ccccc2)=C2C(=O)C(=O)OC2(c2ccccc2)N1CC. The van der Waals surface area contributed by atoms with Crippen molar-refractivity contribution in [1.29, 1.82) is 0 Å². The summed E-state index contributed by atoms with van der Waals surface area (Å²) in [5.41, 5.74) is 1.27. The number of ether oxygens (including phenoxy) is 1. The van der Waals surface area contributed by atoms with Crippen LogP contribution in [0.5, 0.6) is 0 Å². The molecule has 1 atom stereocenters. The monoisotopic (exact) mass is 403 g/mol. The molecule has 0 N–H and O–H groups in total. The average Bonchev–Trinajstić information content (AvgIpc) is 3.05. The Hall–Kier alpha value is -3.41. The molecule has 0 amide bonds. The number of carbonyl (C=O) groups is 2. The second kappa shape index (κ2) is 7.78. The quantitative estimate of drug-likeness (QED) is 0.566. The van der Waals surface area contributed by atoms with Crippen molar-refractivity contribution in [3.8, 4) is 0 Å². The molecular formula is C24H25N3O3. The third-order valence-corrected chi connectivity index (χ3v) is 5.51. The van der Waals surface area contributed by atoms with Crippen molar-refractivity contribution in [3.63, 3.8) is 0 Å². The molecule has 0 aliphatic carbocycles. The van der Waals surface area contributed by atoms with Crippen LogP contribution in [0.2, 0.25) is 0 Å². The van der Waals surface area contributed by atoms with E-state index in [9.17, 15) is 9.59 Å². The van der Waals surface area contributed by atoms with Crippen molar-refractivity contribution in [2.24, 2.45) is 4.99 Å². The van der Waals surface area contributed by atoms with Gasteiger partial charge >= 0.3 is 5.97 Å². The molecule has 0 bridgehead atoms. The Kier molecular flexibility index (Phi) is 5.16. The summed E-state index contributed by atoms with van der Waals surface area (Å²) in [6, 6.07) is 19.1. The van der Waals surface area contributed by atoms with Crippen LogP contribution < -0.4 is 0 Å². The largest absolute Gasteiger partial charge is 0.424 e. The molecule has 1 fully saturated rings. The highest BCUT2D eigenvalue weighted by molar-refractivity contribution is 6.45. The van der Waals surface area contributed by atoms with E-state index in [4.69, 9.17) is 9.73 Å². The molecule has 6 heteroatoms. The average molecular weight is 403 g/mol. The summed E-state index contributed by atoms with van der Waals surface area (Å²) in [7, 11) is 0. The Balaban J connectivity index is 2.16. The van der Waals surface area contributed by atoms with Crippen LogP contribution in [0.4, 0.5) is 0 Å². The lowest BCUT2D eigenvalue weighted by Gasteiger charge is -2.49. The van der Waals surface area contributed by atoms with E-state index in [0.29, 0.717) is 36.9 Å². The fourth-order valence-corrected chi connectivity index (χ4v) is 4.36. The Morgan fingerprint density at radius 2 is 1.53 bits per heavy atom. The second-order valence-corrected chi connectivity index (χ2v) is 7.08. The first-order valence-electron chi connectivity index (χ1n) is 10.3. The molecule has 0 spiro atoms. The minimum absolute atomic E-state index is 0.351. The number of carbonyl (C=O) groups excluding carboxylic acids is 2. The van der Waals surface area contributed by atoms with Gasteiger partial charge in [-0.1, -0.05) is 60.7 Å². The number of benzene rings is 2. The van der Waals surface area contributed by atoms with Gasteiger partial charge in [0.1, 0.15) is 5.57 Å². The van der Waals surface area contributed by atoms with Crippen LogP contribution in [0.3, 0.4) is 0 Å². The Morgan fingerprint density at radius 1 is 0.900 bits per heavy atom. The number of nitrogens with zero attached hydrogens (tertiary/aromatic N) is 3. The summed E-state index contributed by atoms with van der Waals surface area (Å²) in [6.07, 6.45) is 0. The van der Waals surface area contributed by atoms with Crippen LogP contribution in [0, 0.1) is 0 Å². The maximum Gasteiger partial charge on any atom is 0.382 e. The van der Waals surface area contributed by atoms with Crippen molar-refractivity contribution in [1.82, 2.24) is 9.80 Å². The van der Waals surface area contributed by atoms with E-state index in [2.05, 4.69) is 0 Å². The normalized spacial score (nSPS) is 22.6. The molecule has 2 heterocycles. The number of aliphatic imine (C=N–C) groups is 1. The first-order valence-corrected chi connectivity index (χ1v) is 10.3. The number of Topliss-reactive ketones (excluding diaryl/α,β-unsaturated/α-hetero) is 1. The van der Waals surface area contributed by atoms with E-state index in [-0.39, 0.29) is 0 Å². The minimum atomic E-state index is -1.34. The Labute approximate surface area is 176 Å². The molecule has 30 heavy (non-hydrogen) atoms. The van der Waals surface area contributed by atoms with Gasteiger partial charge in [-0.3, -0.25) is 14.7 Å². The number of fused-ring (bicyclic) bond motifs is 1. The van der Waals surface area contributed by atoms with Crippen LogP contribution >= 0.6 is 0 Å². The number of likely N-dealkylation sites (N-methyl/N-ethyl adjacent to an activating group) is 1. The van der Waals surface area contributed by atoms with E-state index < -0.39 is 17.5 Å². The molecule has 0 aromatic heterocycles. The van der Waals surface area contributed by atoms with Gasteiger partial charge in [0.05, 0.1) is 5.70 Å². The van der Waals surface area contributed by atoms with Crippen LogP contribution in [-0.2, 0) is 20.1 Å². The molecule has 2 aromatic rings. The van der Waals surface area contributed by atoms with Crippen molar-refractivity contribution in [3.05, 3.63) is 77.4 Å². The molecule has 2 aliphatic heterocycles. The number of hydrogen-bond donors (Lipinski definition) is 0. The zero-order chi connectivity index (χ0) is 21.3. The van der Waals surface area contributed by atoms with Gasteiger partial charge in [-0.2, -0.15) is 0 Å². The lowest BCUT2D eigenvalue weighted by atomic mass is 9.86. The van der Waals surface area contributed by atoms with E-state index in [0.717, 1.165) is 11.1 Å². The summed E-state index contributed by atoms with van der Waals surface area (Å²) in [6.45, 7) is 7.63. The van der Waals surface area contributed by atoms with Gasteiger partial charge < -0.3 is 9.64 Å². The fourth-order valence-electron chi connectivity index (χ4n) is 4.36. The summed E-state index contributed by atoms with van der Waals surface area (Å²) >= 11 is 0. The van der Waals surface area contributed by atoms with Crippen LogP contribution in [0.25, 0.3) is 5.70 Å². The van der Waals surface area contributed by atoms with Crippen molar-refractivity contribution in [2.45, 2.75) is 26.5 Å². The summed E-state index contributed by atoms with van der Waals surface area (Å²) in [4.78, 5) is 34.7. The predicted octanol–water partition coefficient (Wildman–Crippen LogP) is 3.41. The van der Waals surface area contributed by atoms with Crippen LogP contribution in [0.15, 0.2) is 71.2 Å². The number of esters is 1. The van der Waals surface area contributed by atoms with Crippen LogP contribution in [-0.4, -0.2) is 47.1 Å². The van der Waals surface area contributed by atoms with Crippen molar-refractivity contribution < 1.29 is 14.3 Å². The molecule has 6 nitrogen and oxygen atoms in total. The number of guanidine groups is 1. The highest BCUT2D eigenvalue weighted by Gasteiger charge is 2.62. The van der Waals surface area contributed by atoms with E-state index in [1.807, 2.05) is 91.2 Å². The smallest absolute Gasteiger partial charge is 0.382 e. The molecule has 0 radical (unpaired) electrons.